The van der Waals surface area contributed by atoms with Crippen LogP contribution in [0.15, 0.2) is 36.4 Å². The summed E-state index contributed by atoms with van der Waals surface area (Å²) in [6.45, 7) is 9.13. The zero-order valence-electron chi connectivity index (χ0n) is 17.2. The normalized spacial score (nSPS) is 14.0. The molecule has 1 saturated carbocycles. The molecule has 0 aliphatic heterocycles. The lowest BCUT2D eigenvalue weighted by Gasteiger charge is -2.23. The van der Waals surface area contributed by atoms with Gasteiger partial charge in [0, 0.05) is 19.0 Å². The maximum absolute atomic E-state index is 12.8. The summed E-state index contributed by atoms with van der Waals surface area (Å²) in [5.74, 6) is 0.126. The molecule has 0 radical (unpaired) electrons. The number of carbonyl (C=O) groups is 2. The van der Waals surface area contributed by atoms with Gasteiger partial charge in [-0.1, -0.05) is 30.3 Å². The molecule has 6 heteroatoms. The Hall–Kier alpha value is -2.63. The molecule has 1 aromatic carbocycles. The van der Waals surface area contributed by atoms with Gasteiger partial charge in [0.05, 0.1) is 17.8 Å². The van der Waals surface area contributed by atoms with E-state index < -0.39 is 0 Å². The largest absolute Gasteiger partial charge is 0.342 e. The molecule has 0 spiro atoms. The molecular formula is C22H30N4O2. The van der Waals surface area contributed by atoms with Crippen molar-refractivity contribution in [3.8, 4) is 0 Å². The first-order valence-electron chi connectivity index (χ1n) is 10.00. The summed E-state index contributed by atoms with van der Waals surface area (Å²) in [5, 5.41) is 7.45. The summed E-state index contributed by atoms with van der Waals surface area (Å²) < 4.78 is 1.78. The lowest BCUT2D eigenvalue weighted by atomic mass is 10.1. The number of amides is 2. The van der Waals surface area contributed by atoms with Gasteiger partial charge in [-0.25, -0.2) is 0 Å². The Morgan fingerprint density at radius 2 is 1.89 bits per heavy atom. The molecule has 28 heavy (non-hydrogen) atoms. The molecule has 1 heterocycles. The fourth-order valence-electron chi connectivity index (χ4n) is 3.19. The van der Waals surface area contributed by atoms with Crippen LogP contribution >= 0.6 is 0 Å². The summed E-state index contributed by atoms with van der Waals surface area (Å²) in [6.07, 6.45) is 2.26. The van der Waals surface area contributed by atoms with Gasteiger partial charge in [0.1, 0.15) is 5.69 Å². The Morgan fingerprint density at radius 3 is 2.46 bits per heavy atom. The fourth-order valence-corrected chi connectivity index (χ4v) is 3.19. The Kier molecular flexibility index (Phi) is 5.87. The van der Waals surface area contributed by atoms with Gasteiger partial charge in [0.25, 0.3) is 5.91 Å². The molecule has 0 saturated heterocycles. The van der Waals surface area contributed by atoms with E-state index in [1.165, 1.54) is 0 Å². The standard InChI is InChI=1S/C22H30N4O2/c1-5-25(15-16-9-7-6-8-10-16)20(27)14-23-21(28)19-13-18(17-11-12-17)24-26(19)22(2,3)4/h6-10,13,17H,5,11-12,14-15H2,1-4H3,(H,23,28). The third-order valence-corrected chi connectivity index (χ3v) is 4.94. The third-order valence-electron chi connectivity index (χ3n) is 4.94. The number of nitrogens with zero attached hydrogens (tertiary/aromatic N) is 3. The second kappa shape index (κ2) is 8.17. The minimum absolute atomic E-state index is 0.0202. The summed E-state index contributed by atoms with van der Waals surface area (Å²) in [5.41, 5.74) is 2.27. The summed E-state index contributed by atoms with van der Waals surface area (Å²) >= 11 is 0. The van der Waals surface area contributed by atoms with E-state index in [0.717, 1.165) is 24.1 Å². The van der Waals surface area contributed by atoms with Gasteiger partial charge in [-0.2, -0.15) is 5.10 Å². The lowest BCUT2D eigenvalue weighted by Crippen LogP contribution is -2.41. The van der Waals surface area contributed by atoms with Crippen LogP contribution in [0.2, 0.25) is 0 Å². The molecule has 1 fully saturated rings. The third kappa shape index (κ3) is 4.80. The minimum Gasteiger partial charge on any atom is -0.342 e. The summed E-state index contributed by atoms with van der Waals surface area (Å²) in [6, 6.07) is 11.7. The van der Waals surface area contributed by atoms with Gasteiger partial charge < -0.3 is 10.2 Å². The molecule has 1 aromatic heterocycles. The van der Waals surface area contributed by atoms with Gasteiger partial charge >= 0.3 is 0 Å². The van der Waals surface area contributed by atoms with Crippen molar-refractivity contribution in [3.05, 3.63) is 53.3 Å². The monoisotopic (exact) mass is 382 g/mol. The van der Waals surface area contributed by atoms with E-state index in [4.69, 9.17) is 0 Å². The quantitative estimate of drug-likeness (QED) is 0.799. The molecule has 1 aliphatic rings. The highest BCUT2D eigenvalue weighted by molar-refractivity contribution is 5.95. The molecule has 0 atom stereocenters. The SMILES string of the molecule is CCN(Cc1ccccc1)C(=O)CNC(=O)c1cc(C2CC2)nn1C(C)(C)C. The first kappa shape index (κ1) is 20.1. The first-order valence-corrected chi connectivity index (χ1v) is 10.00. The van der Waals surface area contributed by atoms with Crippen LogP contribution in [0.5, 0.6) is 0 Å². The number of hydrogen-bond acceptors (Lipinski definition) is 3. The molecule has 1 N–H and O–H groups in total. The van der Waals surface area contributed by atoms with E-state index in [0.29, 0.717) is 24.7 Å². The van der Waals surface area contributed by atoms with Crippen LogP contribution in [0.25, 0.3) is 0 Å². The van der Waals surface area contributed by atoms with E-state index in [1.807, 2.05) is 64.1 Å². The zero-order chi connectivity index (χ0) is 20.3. The number of hydrogen-bond donors (Lipinski definition) is 1. The van der Waals surface area contributed by atoms with E-state index >= 15 is 0 Å². The molecule has 2 aromatic rings. The average Bonchev–Trinajstić information content (AvgIpc) is 3.41. The number of benzene rings is 1. The van der Waals surface area contributed by atoms with Gasteiger partial charge in [-0.3, -0.25) is 14.3 Å². The topological polar surface area (TPSA) is 67.2 Å². The molecule has 3 rings (SSSR count). The van der Waals surface area contributed by atoms with Crippen LogP contribution < -0.4 is 5.32 Å². The van der Waals surface area contributed by atoms with Gasteiger partial charge in [-0.15, -0.1) is 0 Å². The van der Waals surface area contributed by atoms with Crippen LogP contribution in [-0.2, 0) is 16.9 Å². The summed E-state index contributed by atoms with van der Waals surface area (Å²) in [4.78, 5) is 27.2. The van der Waals surface area contributed by atoms with Crippen molar-refractivity contribution in [2.45, 2.75) is 58.5 Å². The number of rotatable bonds is 7. The second-order valence-corrected chi connectivity index (χ2v) is 8.39. The Bertz CT molecular complexity index is 832. The molecule has 2 amide bonds. The highest BCUT2D eigenvalue weighted by atomic mass is 16.2. The fraction of sp³-hybridized carbons (Fsp3) is 0.500. The highest BCUT2D eigenvalue weighted by Gasteiger charge is 2.31. The predicted octanol–water partition coefficient (Wildman–Crippen LogP) is 3.29. The Balaban J connectivity index is 1.65. The van der Waals surface area contributed by atoms with Gasteiger partial charge in [0.15, 0.2) is 0 Å². The second-order valence-electron chi connectivity index (χ2n) is 8.39. The first-order chi connectivity index (χ1) is 13.3. The van der Waals surface area contributed by atoms with E-state index in [-0.39, 0.29) is 23.9 Å². The minimum atomic E-state index is -0.299. The van der Waals surface area contributed by atoms with Crippen LogP contribution in [0.1, 0.15) is 68.2 Å². The van der Waals surface area contributed by atoms with Crippen molar-refractivity contribution in [1.82, 2.24) is 20.0 Å². The van der Waals surface area contributed by atoms with Gasteiger partial charge in [0.2, 0.25) is 5.91 Å². The van der Waals surface area contributed by atoms with Crippen molar-refractivity contribution in [2.75, 3.05) is 13.1 Å². The molecule has 0 unspecified atom stereocenters. The van der Waals surface area contributed by atoms with Crippen molar-refractivity contribution >= 4 is 11.8 Å². The van der Waals surface area contributed by atoms with E-state index in [9.17, 15) is 9.59 Å². The molecule has 150 valence electrons. The van der Waals surface area contributed by atoms with Crippen LogP contribution in [0.3, 0.4) is 0 Å². The van der Waals surface area contributed by atoms with Crippen LogP contribution in [0, 0.1) is 0 Å². The van der Waals surface area contributed by atoms with Crippen LogP contribution in [-0.4, -0.2) is 39.6 Å². The maximum Gasteiger partial charge on any atom is 0.270 e. The van der Waals surface area contributed by atoms with E-state index in [2.05, 4.69) is 10.4 Å². The maximum atomic E-state index is 12.8. The van der Waals surface area contributed by atoms with Crippen molar-refractivity contribution in [1.29, 1.82) is 0 Å². The van der Waals surface area contributed by atoms with Gasteiger partial charge in [-0.05, 0) is 52.2 Å². The molecule has 1 aliphatic carbocycles. The van der Waals surface area contributed by atoms with Crippen LogP contribution in [0.4, 0.5) is 0 Å². The molecular weight excluding hydrogens is 352 g/mol. The lowest BCUT2D eigenvalue weighted by molar-refractivity contribution is -0.130. The smallest absolute Gasteiger partial charge is 0.270 e. The number of carbonyl (C=O) groups excluding carboxylic acids is 2. The highest BCUT2D eigenvalue weighted by Crippen LogP contribution is 2.40. The molecule has 6 nitrogen and oxygen atoms in total. The zero-order valence-corrected chi connectivity index (χ0v) is 17.2. The molecule has 0 bridgehead atoms. The van der Waals surface area contributed by atoms with Crippen molar-refractivity contribution < 1.29 is 9.59 Å². The Labute approximate surface area is 166 Å². The van der Waals surface area contributed by atoms with Crippen molar-refractivity contribution in [2.24, 2.45) is 0 Å². The van der Waals surface area contributed by atoms with Crippen molar-refractivity contribution in [3.63, 3.8) is 0 Å². The number of aromatic nitrogens is 2. The Morgan fingerprint density at radius 1 is 1.21 bits per heavy atom. The number of likely N-dealkylation sites (N-methyl/N-ethyl adjacent to an activating group) is 1. The predicted molar refractivity (Wildman–Crippen MR) is 109 cm³/mol. The average molecular weight is 383 g/mol. The van der Waals surface area contributed by atoms with E-state index in [1.54, 1.807) is 9.58 Å². The summed E-state index contributed by atoms with van der Waals surface area (Å²) in [7, 11) is 0. The number of nitrogens with one attached hydrogen (secondary N) is 1.